The van der Waals surface area contributed by atoms with Gasteiger partial charge in [0.05, 0.1) is 25.0 Å². The predicted molar refractivity (Wildman–Crippen MR) is 79.3 cm³/mol. The van der Waals surface area contributed by atoms with E-state index in [1.54, 1.807) is 19.5 Å². The molecule has 0 saturated heterocycles. The summed E-state index contributed by atoms with van der Waals surface area (Å²) in [6, 6.07) is 7.83. The summed E-state index contributed by atoms with van der Waals surface area (Å²) in [5.74, 6) is 1.72. The molecule has 1 N–H and O–H groups in total. The van der Waals surface area contributed by atoms with Crippen LogP contribution in [-0.2, 0) is 13.1 Å². The Kier molecular flexibility index (Phi) is 4.76. The first-order chi connectivity index (χ1) is 9.70. The Hall–Kier alpha value is -2.30. The number of aliphatic imine (C=N–C) groups is 1. The molecule has 20 heavy (non-hydrogen) atoms. The number of pyridine rings is 1. The second-order valence-electron chi connectivity index (χ2n) is 4.60. The van der Waals surface area contributed by atoms with Crippen molar-refractivity contribution in [3.8, 4) is 0 Å². The Morgan fingerprint density at radius 1 is 1.40 bits per heavy atom. The van der Waals surface area contributed by atoms with Crippen LogP contribution in [-0.4, -0.2) is 29.9 Å². The summed E-state index contributed by atoms with van der Waals surface area (Å²) >= 11 is 0. The maximum absolute atomic E-state index is 5.34. The topological polar surface area (TPSA) is 53.7 Å². The number of guanidine groups is 1. The van der Waals surface area contributed by atoms with Gasteiger partial charge in [-0.3, -0.25) is 9.98 Å². The largest absolute Gasteiger partial charge is 0.467 e. The van der Waals surface area contributed by atoms with Crippen molar-refractivity contribution in [1.82, 2.24) is 15.2 Å². The van der Waals surface area contributed by atoms with Crippen LogP contribution in [0.25, 0.3) is 0 Å². The molecule has 0 spiro atoms. The van der Waals surface area contributed by atoms with Crippen molar-refractivity contribution in [3.63, 3.8) is 0 Å². The summed E-state index contributed by atoms with van der Waals surface area (Å²) < 4.78 is 5.34. The van der Waals surface area contributed by atoms with Gasteiger partial charge >= 0.3 is 0 Å². The molecule has 2 rings (SSSR count). The van der Waals surface area contributed by atoms with Crippen LogP contribution < -0.4 is 5.32 Å². The molecule has 0 radical (unpaired) electrons. The highest BCUT2D eigenvalue weighted by atomic mass is 16.3. The van der Waals surface area contributed by atoms with Gasteiger partial charge in [0.15, 0.2) is 5.96 Å². The molecule has 0 aliphatic heterocycles. The van der Waals surface area contributed by atoms with Crippen LogP contribution in [0, 0.1) is 6.92 Å². The van der Waals surface area contributed by atoms with Crippen molar-refractivity contribution >= 4 is 5.96 Å². The van der Waals surface area contributed by atoms with E-state index in [1.165, 1.54) is 5.56 Å². The third-order valence-electron chi connectivity index (χ3n) is 3.08. The quantitative estimate of drug-likeness (QED) is 0.685. The second-order valence-corrected chi connectivity index (χ2v) is 4.60. The minimum absolute atomic E-state index is 0.655. The summed E-state index contributed by atoms with van der Waals surface area (Å²) in [5, 5.41) is 3.31. The number of furan rings is 1. The van der Waals surface area contributed by atoms with Gasteiger partial charge in [-0.05, 0) is 30.7 Å². The Balaban J connectivity index is 1.94. The van der Waals surface area contributed by atoms with Crippen LogP contribution in [0.15, 0.2) is 46.1 Å². The monoisotopic (exact) mass is 272 g/mol. The fourth-order valence-corrected chi connectivity index (χ4v) is 1.96. The Labute approximate surface area is 119 Å². The molecule has 0 fully saturated rings. The van der Waals surface area contributed by atoms with Gasteiger partial charge in [0.25, 0.3) is 0 Å². The molecular formula is C15H20N4O. The van der Waals surface area contributed by atoms with E-state index in [0.717, 1.165) is 17.4 Å². The molecule has 0 bridgehead atoms. The SMILES string of the molecule is CN=C(NCc1ncccc1C)N(C)Cc1ccco1. The maximum Gasteiger partial charge on any atom is 0.194 e. The predicted octanol–water partition coefficient (Wildman–Crippen LogP) is 2.19. The standard InChI is InChI=1S/C15H20N4O/c1-12-6-4-8-17-14(12)10-18-15(16-2)19(3)11-13-7-5-9-20-13/h4-9H,10-11H2,1-3H3,(H,16,18). The first kappa shape index (κ1) is 14.1. The van der Waals surface area contributed by atoms with Gasteiger partial charge in [0, 0.05) is 20.3 Å². The number of nitrogens with one attached hydrogen (secondary N) is 1. The summed E-state index contributed by atoms with van der Waals surface area (Å²) in [5.41, 5.74) is 2.20. The third-order valence-corrected chi connectivity index (χ3v) is 3.08. The van der Waals surface area contributed by atoms with E-state index in [0.29, 0.717) is 13.1 Å². The van der Waals surface area contributed by atoms with Crippen molar-refractivity contribution in [2.45, 2.75) is 20.0 Å². The highest BCUT2D eigenvalue weighted by molar-refractivity contribution is 5.79. The first-order valence-electron chi connectivity index (χ1n) is 6.55. The van der Waals surface area contributed by atoms with Crippen LogP contribution in [0.3, 0.4) is 0 Å². The molecule has 0 amide bonds. The number of hydrogen-bond acceptors (Lipinski definition) is 3. The molecule has 106 valence electrons. The van der Waals surface area contributed by atoms with E-state index in [9.17, 15) is 0 Å². The highest BCUT2D eigenvalue weighted by Crippen LogP contribution is 2.05. The zero-order chi connectivity index (χ0) is 14.4. The zero-order valence-corrected chi connectivity index (χ0v) is 12.1. The number of aromatic nitrogens is 1. The van der Waals surface area contributed by atoms with Gasteiger partial charge in [-0.25, -0.2) is 0 Å². The lowest BCUT2D eigenvalue weighted by Gasteiger charge is -2.21. The van der Waals surface area contributed by atoms with Crippen molar-refractivity contribution in [1.29, 1.82) is 0 Å². The minimum Gasteiger partial charge on any atom is -0.467 e. The second kappa shape index (κ2) is 6.75. The van der Waals surface area contributed by atoms with Crippen molar-refractivity contribution in [2.24, 2.45) is 4.99 Å². The fourth-order valence-electron chi connectivity index (χ4n) is 1.96. The van der Waals surface area contributed by atoms with Crippen LogP contribution >= 0.6 is 0 Å². The molecule has 0 aliphatic rings. The summed E-state index contributed by atoms with van der Waals surface area (Å²) in [6.07, 6.45) is 3.48. The number of rotatable bonds is 4. The molecule has 5 heteroatoms. The van der Waals surface area contributed by atoms with Crippen LogP contribution in [0.1, 0.15) is 17.0 Å². The van der Waals surface area contributed by atoms with Crippen molar-refractivity contribution in [2.75, 3.05) is 14.1 Å². The minimum atomic E-state index is 0.655. The van der Waals surface area contributed by atoms with Crippen LogP contribution in [0.5, 0.6) is 0 Å². The molecular weight excluding hydrogens is 252 g/mol. The van der Waals surface area contributed by atoms with Gasteiger partial charge in [0.1, 0.15) is 5.76 Å². The van der Waals surface area contributed by atoms with E-state index in [-0.39, 0.29) is 0 Å². The molecule has 0 aromatic carbocycles. The van der Waals surface area contributed by atoms with Crippen LogP contribution in [0.2, 0.25) is 0 Å². The number of nitrogens with zero attached hydrogens (tertiary/aromatic N) is 3. The van der Waals surface area contributed by atoms with E-state index in [4.69, 9.17) is 4.42 Å². The smallest absolute Gasteiger partial charge is 0.194 e. The van der Waals surface area contributed by atoms with Gasteiger partial charge in [-0.1, -0.05) is 6.07 Å². The van der Waals surface area contributed by atoms with E-state index in [1.807, 2.05) is 30.1 Å². The Morgan fingerprint density at radius 2 is 2.25 bits per heavy atom. The molecule has 5 nitrogen and oxygen atoms in total. The van der Waals surface area contributed by atoms with E-state index in [2.05, 4.69) is 28.3 Å². The lowest BCUT2D eigenvalue weighted by Crippen LogP contribution is -2.38. The highest BCUT2D eigenvalue weighted by Gasteiger charge is 2.08. The van der Waals surface area contributed by atoms with Crippen LogP contribution in [0.4, 0.5) is 0 Å². The zero-order valence-electron chi connectivity index (χ0n) is 12.1. The molecule has 2 heterocycles. The summed E-state index contributed by atoms with van der Waals surface area (Å²) in [7, 11) is 3.75. The van der Waals surface area contributed by atoms with Crippen molar-refractivity contribution < 1.29 is 4.42 Å². The average Bonchev–Trinajstić information content (AvgIpc) is 2.94. The van der Waals surface area contributed by atoms with E-state index < -0.39 is 0 Å². The van der Waals surface area contributed by atoms with E-state index >= 15 is 0 Å². The van der Waals surface area contributed by atoms with Gasteiger partial charge < -0.3 is 14.6 Å². The third kappa shape index (κ3) is 3.60. The summed E-state index contributed by atoms with van der Waals surface area (Å²) in [6.45, 7) is 3.38. The van der Waals surface area contributed by atoms with Gasteiger partial charge in [-0.15, -0.1) is 0 Å². The lowest BCUT2D eigenvalue weighted by atomic mass is 10.2. The molecule has 0 unspecified atom stereocenters. The maximum atomic E-state index is 5.34. The average molecular weight is 272 g/mol. The fraction of sp³-hybridized carbons (Fsp3) is 0.333. The normalized spacial score (nSPS) is 11.4. The van der Waals surface area contributed by atoms with Gasteiger partial charge in [-0.2, -0.15) is 0 Å². The molecule has 2 aromatic rings. The van der Waals surface area contributed by atoms with Gasteiger partial charge in [0.2, 0.25) is 0 Å². The lowest BCUT2D eigenvalue weighted by molar-refractivity contribution is 0.400. The molecule has 2 aromatic heterocycles. The Bertz CT molecular complexity index is 563. The molecule has 0 atom stereocenters. The number of aryl methyl sites for hydroxylation is 1. The first-order valence-corrected chi connectivity index (χ1v) is 6.55. The Morgan fingerprint density at radius 3 is 2.90 bits per heavy atom. The van der Waals surface area contributed by atoms with Crippen molar-refractivity contribution in [3.05, 3.63) is 53.7 Å². The molecule has 0 aliphatic carbocycles. The number of hydrogen-bond donors (Lipinski definition) is 1. The summed E-state index contributed by atoms with van der Waals surface area (Å²) in [4.78, 5) is 10.7. The molecule has 0 saturated carbocycles.